The Labute approximate surface area is 184 Å². The predicted molar refractivity (Wildman–Crippen MR) is 114 cm³/mol. The molecule has 0 spiro atoms. The van der Waals surface area contributed by atoms with Gasteiger partial charge < -0.3 is 15.4 Å². The Balaban J connectivity index is 1.53. The van der Waals surface area contributed by atoms with E-state index in [4.69, 9.17) is 27.9 Å². The molecule has 2 aromatic carbocycles. The number of rotatable bonds is 9. The van der Waals surface area contributed by atoms with Gasteiger partial charge in [-0.1, -0.05) is 53.5 Å². The number of ether oxygens (including phenoxy) is 1. The van der Waals surface area contributed by atoms with Crippen LogP contribution in [0.15, 0.2) is 48.5 Å². The highest BCUT2D eigenvalue weighted by Gasteiger charge is 2.08. The average molecular weight is 453 g/mol. The number of hydrazine groups is 1. The van der Waals surface area contributed by atoms with Crippen molar-refractivity contribution in [2.75, 3.05) is 13.2 Å². The molecule has 30 heavy (non-hydrogen) atoms. The molecule has 4 amide bonds. The molecule has 8 nitrogen and oxygen atoms in total. The quantitative estimate of drug-likeness (QED) is 0.346. The number of nitrogens with one attached hydrogen (secondary N) is 4. The zero-order valence-electron chi connectivity index (χ0n) is 16.0. The summed E-state index contributed by atoms with van der Waals surface area (Å²) in [6, 6.07) is 13.7. The average Bonchev–Trinajstić information content (AvgIpc) is 2.74. The van der Waals surface area contributed by atoms with E-state index in [9.17, 15) is 14.4 Å². The molecule has 4 N–H and O–H groups in total. The zero-order chi connectivity index (χ0) is 21.8. The standard InChI is InChI=1S/C20H22Cl2N4O4/c21-15-8-9-17(16(22)11-15)30-10-4-7-18(27)25-26-19(28)13-24-20(29)23-12-14-5-2-1-3-6-14/h1-3,5-6,8-9,11H,4,7,10,12-13H2,(H,25,27)(H,26,28)(H2,23,24,29). The Hall–Kier alpha value is -2.97. The van der Waals surface area contributed by atoms with Crippen LogP contribution in [0.25, 0.3) is 0 Å². The van der Waals surface area contributed by atoms with Crippen molar-refractivity contribution in [3.63, 3.8) is 0 Å². The number of amides is 4. The molecule has 0 atom stereocenters. The van der Waals surface area contributed by atoms with Crippen LogP contribution in [0.3, 0.4) is 0 Å². The Kier molecular flexibility index (Phi) is 9.76. The second-order valence-corrected chi connectivity index (χ2v) is 6.99. The topological polar surface area (TPSA) is 109 Å². The SMILES string of the molecule is O=C(CCCOc1ccc(Cl)cc1Cl)NNC(=O)CNC(=O)NCc1ccccc1. The van der Waals surface area contributed by atoms with Crippen LogP contribution in [0.5, 0.6) is 5.75 Å². The van der Waals surface area contributed by atoms with Gasteiger partial charge in [-0.15, -0.1) is 0 Å². The van der Waals surface area contributed by atoms with E-state index in [0.29, 0.717) is 28.8 Å². The van der Waals surface area contributed by atoms with Crippen LogP contribution < -0.4 is 26.2 Å². The molecule has 2 aromatic rings. The summed E-state index contributed by atoms with van der Waals surface area (Å²) in [4.78, 5) is 35.1. The lowest BCUT2D eigenvalue weighted by Crippen LogP contribution is -2.47. The minimum absolute atomic E-state index is 0.135. The van der Waals surface area contributed by atoms with Crippen molar-refractivity contribution >= 4 is 41.0 Å². The normalized spacial score (nSPS) is 10.1. The molecule has 0 aromatic heterocycles. The molecule has 0 bridgehead atoms. The molecule has 0 aliphatic carbocycles. The molecule has 0 aliphatic rings. The first-order valence-electron chi connectivity index (χ1n) is 9.15. The van der Waals surface area contributed by atoms with Gasteiger partial charge in [0, 0.05) is 18.0 Å². The highest BCUT2D eigenvalue weighted by molar-refractivity contribution is 6.35. The lowest BCUT2D eigenvalue weighted by atomic mass is 10.2. The fourth-order valence-electron chi connectivity index (χ4n) is 2.25. The van der Waals surface area contributed by atoms with Gasteiger partial charge in [-0.3, -0.25) is 20.4 Å². The molecule has 2 rings (SSSR count). The Morgan fingerprint density at radius 2 is 1.63 bits per heavy atom. The summed E-state index contributed by atoms with van der Waals surface area (Å²) in [5.41, 5.74) is 5.44. The maximum Gasteiger partial charge on any atom is 0.315 e. The number of hydrogen-bond donors (Lipinski definition) is 4. The fraction of sp³-hybridized carbons (Fsp3) is 0.250. The number of hydrogen-bond acceptors (Lipinski definition) is 4. The van der Waals surface area contributed by atoms with Crippen LogP contribution in [0, 0.1) is 0 Å². The van der Waals surface area contributed by atoms with Gasteiger partial charge in [0.2, 0.25) is 5.91 Å². The van der Waals surface area contributed by atoms with Crippen molar-refractivity contribution in [1.29, 1.82) is 0 Å². The van der Waals surface area contributed by atoms with Crippen LogP contribution in [0.2, 0.25) is 10.0 Å². The highest BCUT2D eigenvalue weighted by atomic mass is 35.5. The Morgan fingerprint density at radius 1 is 0.900 bits per heavy atom. The third kappa shape index (κ3) is 9.02. The fourth-order valence-corrected chi connectivity index (χ4v) is 2.72. The summed E-state index contributed by atoms with van der Waals surface area (Å²) < 4.78 is 5.48. The third-order valence-electron chi connectivity index (χ3n) is 3.75. The smallest absolute Gasteiger partial charge is 0.315 e. The molecule has 0 heterocycles. The van der Waals surface area contributed by atoms with Crippen molar-refractivity contribution in [1.82, 2.24) is 21.5 Å². The second-order valence-electron chi connectivity index (χ2n) is 6.14. The monoisotopic (exact) mass is 452 g/mol. The maximum absolute atomic E-state index is 11.7. The van der Waals surface area contributed by atoms with E-state index in [1.165, 1.54) is 0 Å². The minimum Gasteiger partial charge on any atom is -0.492 e. The van der Waals surface area contributed by atoms with Gasteiger partial charge in [-0.2, -0.15) is 0 Å². The van der Waals surface area contributed by atoms with Gasteiger partial charge >= 0.3 is 6.03 Å². The molecule has 0 saturated heterocycles. The van der Waals surface area contributed by atoms with Gasteiger partial charge in [0.05, 0.1) is 11.6 Å². The van der Waals surface area contributed by atoms with Crippen LogP contribution in [0.4, 0.5) is 4.79 Å². The van der Waals surface area contributed by atoms with Gasteiger partial charge in [0.15, 0.2) is 0 Å². The van der Waals surface area contributed by atoms with Gasteiger partial charge in [0.1, 0.15) is 12.3 Å². The first-order chi connectivity index (χ1) is 14.4. The van der Waals surface area contributed by atoms with E-state index >= 15 is 0 Å². The lowest BCUT2D eigenvalue weighted by Gasteiger charge is -2.10. The third-order valence-corrected chi connectivity index (χ3v) is 4.28. The number of carbonyl (C=O) groups is 3. The second kappa shape index (κ2) is 12.6. The van der Waals surface area contributed by atoms with E-state index in [1.807, 2.05) is 30.3 Å². The molecule has 0 aliphatic heterocycles. The molecule has 10 heteroatoms. The van der Waals surface area contributed by atoms with Crippen LogP contribution in [-0.4, -0.2) is 31.0 Å². The van der Waals surface area contributed by atoms with Gasteiger partial charge in [-0.05, 0) is 30.2 Å². The number of halogens is 2. The Bertz CT molecular complexity index is 865. The summed E-state index contributed by atoms with van der Waals surface area (Å²) in [6.45, 7) is 0.333. The summed E-state index contributed by atoms with van der Waals surface area (Å²) in [5, 5.41) is 5.92. The maximum atomic E-state index is 11.7. The molecule has 0 radical (unpaired) electrons. The predicted octanol–water partition coefficient (Wildman–Crippen LogP) is 2.80. The van der Waals surface area contributed by atoms with Gasteiger partial charge in [-0.25, -0.2) is 4.79 Å². The van der Waals surface area contributed by atoms with Crippen LogP contribution >= 0.6 is 23.2 Å². The number of urea groups is 1. The summed E-state index contributed by atoms with van der Waals surface area (Å²) in [7, 11) is 0. The first kappa shape index (κ1) is 23.3. The molecule has 0 saturated carbocycles. The summed E-state index contributed by atoms with van der Waals surface area (Å²) in [5.74, 6) is -0.462. The van der Waals surface area contributed by atoms with Crippen molar-refractivity contribution in [3.8, 4) is 5.75 Å². The highest BCUT2D eigenvalue weighted by Crippen LogP contribution is 2.27. The number of benzene rings is 2. The van der Waals surface area contributed by atoms with Crippen LogP contribution in [0.1, 0.15) is 18.4 Å². The molecule has 0 unspecified atom stereocenters. The first-order valence-corrected chi connectivity index (χ1v) is 9.91. The van der Waals surface area contributed by atoms with Crippen LogP contribution in [-0.2, 0) is 16.1 Å². The van der Waals surface area contributed by atoms with Crippen molar-refractivity contribution < 1.29 is 19.1 Å². The van der Waals surface area contributed by atoms with Crippen molar-refractivity contribution in [2.45, 2.75) is 19.4 Å². The van der Waals surface area contributed by atoms with Crippen molar-refractivity contribution in [3.05, 3.63) is 64.1 Å². The van der Waals surface area contributed by atoms with E-state index in [2.05, 4.69) is 21.5 Å². The summed E-state index contributed by atoms with van der Waals surface area (Å²) in [6.07, 6.45) is 0.553. The van der Waals surface area contributed by atoms with Gasteiger partial charge in [0.25, 0.3) is 5.91 Å². The minimum atomic E-state index is -0.553. The lowest BCUT2D eigenvalue weighted by molar-refractivity contribution is -0.128. The molecular weight excluding hydrogens is 431 g/mol. The molecule has 160 valence electrons. The summed E-state index contributed by atoms with van der Waals surface area (Å²) >= 11 is 11.8. The largest absolute Gasteiger partial charge is 0.492 e. The Morgan fingerprint density at radius 3 is 2.37 bits per heavy atom. The zero-order valence-corrected chi connectivity index (χ0v) is 17.6. The van der Waals surface area contributed by atoms with Crippen molar-refractivity contribution in [2.24, 2.45) is 0 Å². The van der Waals surface area contributed by atoms with E-state index in [1.54, 1.807) is 18.2 Å². The van der Waals surface area contributed by atoms with E-state index in [-0.39, 0.29) is 25.5 Å². The van der Waals surface area contributed by atoms with E-state index in [0.717, 1.165) is 5.56 Å². The molecule has 0 fully saturated rings. The number of carbonyl (C=O) groups excluding carboxylic acids is 3. The van der Waals surface area contributed by atoms with E-state index < -0.39 is 11.9 Å². The molecular formula is C20H22Cl2N4O4.